The number of hydrogen-bond donors (Lipinski definition) is 1. The smallest absolute Gasteiger partial charge is 0.358 e. The summed E-state index contributed by atoms with van der Waals surface area (Å²) in [7, 11) is 3.93. The van der Waals surface area contributed by atoms with Crippen molar-refractivity contribution >= 4 is 60.4 Å². The second-order valence-electron chi connectivity index (χ2n) is 4.85. The average molecular weight is 429 g/mol. The number of imidazole rings is 2. The summed E-state index contributed by atoms with van der Waals surface area (Å²) in [4.78, 5) is 23.9. The molecule has 0 spiro atoms. The van der Waals surface area contributed by atoms with Gasteiger partial charge in [-0.3, -0.25) is 0 Å². The molecule has 0 amide bonds. The van der Waals surface area contributed by atoms with Crippen LogP contribution in [0.4, 0.5) is 5.82 Å². The summed E-state index contributed by atoms with van der Waals surface area (Å²) in [5.74, 6) is -0.162. The van der Waals surface area contributed by atoms with E-state index in [1.807, 2.05) is 25.2 Å². The van der Waals surface area contributed by atoms with Gasteiger partial charge in [0.1, 0.15) is 11.2 Å². The molecule has 0 bridgehead atoms. The standard InChI is InChI=1S/C12H13N7O2S.3ClH/c1-17(2)7-8-5-14-12(15-8)22-10-4-3-9-13-6-11(19(20)21)18(9)16-10;;;/h3-6H,7H2,1-2H3,(H,14,15);3*1H. The zero-order valence-corrected chi connectivity index (χ0v) is 16.4. The van der Waals surface area contributed by atoms with Crippen LogP contribution >= 0.6 is 49.0 Å². The second-order valence-corrected chi connectivity index (χ2v) is 5.86. The number of halogens is 3. The van der Waals surface area contributed by atoms with Crippen LogP contribution in [0, 0.1) is 10.1 Å². The fraction of sp³-hybridized carbons (Fsp3) is 0.250. The number of rotatable bonds is 5. The molecule has 13 heteroatoms. The molecule has 138 valence electrons. The van der Waals surface area contributed by atoms with Crippen molar-refractivity contribution in [1.29, 1.82) is 0 Å². The van der Waals surface area contributed by atoms with Gasteiger partial charge in [-0.15, -0.1) is 37.2 Å². The predicted octanol–water partition coefficient (Wildman–Crippen LogP) is 2.84. The molecule has 3 aromatic rings. The van der Waals surface area contributed by atoms with E-state index in [0.29, 0.717) is 15.8 Å². The van der Waals surface area contributed by atoms with Gasteiger partial charge < -0.3 is 20.0 Å². The molecular weight excluding hydrogens is 413 g/mol. The maximum atomic E-state index is 10.9. The minimum absolute atomic E-state index is 0. The third-order valence-electron chi connectivity index (χ3n) is 2.79. The first-order valence-electron chi connectivity index (χ1n) is 6.39. The summed E-state index contributed by atoms with van der Waals surface area (Å²) in [5.41, 5.74) is 1.35. The van der Waals surface area contributed by atoms with Gasteiger partial charge in [0.15, 0.2) is 5.16 Å². The molecule has 3 rings (SSSR count). The van der Waals surface area contributed by atoms with Crippen LogP contribution in [-0.2, 0) is 6.54 Å². The minimum atomic E-state index is -0.510. The Kier molecular flexibility index (Phi) is 9.16. The number of hydrogen-bond acceptors (Lipinski definition) is 7. The van der Waals surface area contributed by atoms with E-state index in [9.17, 15) is 10.1 Å². The van der Waals surface area contributed by atoms with Crippen molar-refractivity contribution in [3.05, 3.63) is 40.3 Å². The van der Waals surface area contributed by atoms with E-state index < -0.39 is 4.92 Å². The Hall–Kier alpha value is -1.59. The van der Waals surface area contributed by atoms with E-state index in [-0.39, 0.29) is 43.0 Å². The normalized spacial score (nSPS) is 10.0. The topological polar surface area (TPSA) is 105 Å². The Balaban J connectivity index is 0.00000192. The lowest BCUT2D eigenvalue weighted by Gasteiger charge is -2.05. The molecular formula is C12H16Cl3N7O2S. The predicted molar refractivity (Wildman–Crippen MR) is 101 cm³/mol. The maximum absolute atomic E-state index is 10.9. The number of aromatic nitrogens is 5. The molecule has 0 fully saturated rings. The van der Waals surface area contributed by atoms with Gasteiger partial charge in [0, 0.05) is 18.8 Å². The van der Waals surface area contributed by atoms with Crippen molar-refractivity contribution in [2.45, 2.75) is 16.7 Å². The van der Waals surface area contributed by atoms with Crippen LogP contribution in [0.1, 0.15) is 5.69 Å². The Morgan fingerprint density at radius 3 is 2.68 bits per heavy atom. The van der Waals surface area contributed by atoms with E-state index in [1.54, 1.807) is 12.1 Å². The van der Waals surface area contributed by atoms with Gasteiger partial charge in [-0.25, -0.2) is 9.97 Å². The summed E-state index contributed by atoms with van der Waals surface area (Å²) in [5, 5.41) is 16.4. The molecule has 0 aliphatic rings. The summed E-state index contributed by atoms with van der Waals surface area (Å²) in [6.07, 6.45) is 3.03. The lowest BCUT2D eigenvalue weighted by molar-refractivity contribution is -0.391. The minimum Gasteiger partial charge on any atom is -0.358 e. The molecule has 9 nitrogen and oxygen atoms in total. The van der Waals surface area contributed by atoms with Crippen LogP contribution in [-0.4, -0.2) is 48.5 Å². The Morgan fingerprint density at radius 1 is 1.32 bits per heavy atom. The molecule has 3 aromatic heterocycles. The van der Waals surface area contributed by atoms with E-state index in [1.165, 1.54) is 22.5 Å². The van der Waals surface area contributed by atoms with Crippen molar-refractivity contribution in [3.8, 4) is 0 Å². The highest BCUT2D eigenvalue weighted by atomic mass is 35.5. The third kappa shape index (κ3) is 5.44. The Bertz CT molecular complexity index is 839. The molecule has 0 aliphatic heterocycles. The van der Waals surface area contributed by atoms with Gasteiger partial charge in [0.25, 0.3) is 0 Å². The zero-order chi connectivity index (χ0) is 15.7. The molecule has 0 aliphatic carbocycles. The van der Waals surface area contributed by atoms with Gasteiger partial charge in [-0.1, -0.05) is 9.61 Å². The number of aromatic amines is 1. The van der Waals surface area contributed by atoms with Crippen LogP contribution in [0.5, 0.6) is 0 Å². The fourth-order valence-electron chi connectivity index (χ4n) is 1.92. The molecule has 0 saturated heterocycles. The average Bonchev–Trinajstić information content (AvgIpc) is 3.04. The van der Waals surface area contributed by atoms with Crippen LogP contribution in [0.25, 0.3) is 5.65 Å². The molecule has 3 heterocycles. The highest BCUT2D eigenvalue weighted by molar-refractivity contribution is 7.99. The monoisotopic (exact) mass is 427 g/mol. The highest BCUT2D eigenvalue weighted by Crippen LogP contribution is 2.24. The van der Waals surface area contributed by atoms with Crippen LogP contribution in [0.15, 0.2) is 34.7 Å². The van der Waals surface area contributed by atoms with Gasteiger partial charge in [0.05, 0.1) is 5.69 Å². The molecule has 1 N–H and O–H groups in total. The lowest BCUT2D eigenvalue weighted by Crippen LogP contribution is -2.10. The van der Waals surface area contributed by atoms with Crippen molar-refractivity contribution in [1.82, 2.24) is 29.5 Å². The molecule has 0 saturated carbocycles. The SMILES string of the molecule is CN(C)Cc1c[nH]c(Sc2ccc3ncc([N+](=O)[O-])n3n2)n1.Cl.Cl.Cl. The highest BCUT2D eigenvalue weighted by Gasteiger charge is 2.16. The summed E-state index contributed by atoms with van der Waals surface area (Å²) in [6, 6.07) is 3.44. The first-order valence-corrected chi connectivity index (χ1v) is 7.20. The Morgan fingerprint density at radius 2 is 2.04 bits per heavy atom. The number of nitrogens with zero attached hydrogens (tertiary/aromatic N) is 6. The first-order chi connectivity index (χ1) is 10.5. The number of H-pyrrole nitrogens is 1. The van der Waals surface area contributed by atoms with Crippen LogP contribution < -0.4 is 0 Å². The fourth-order valence-corrected chi connectivity index (χ4v) is 2.66. The lowest BCUT2D eigenvalue weighted by atomic mass is 10.4. The molecule has 0 atom stereocenters. The quantitative estimate of drug-likeness (QED) is 0.492. The van der Waals surface area contributed by atoms with Crippen molar-refractivity contribution in [2.24, 2.45) is 0 Å². The van der Waals surface area contributed by atoms with Gasteiger partial charge in [-0.05, 0) is 36.8 Å². The third-order valence-corrected chi connectivity index (χ3v) is 3.62. The van der Waals surface area contributed by atoms with Crippen molar-refractivity contribution < 1.29 is 4.92 Å². The van der Waals surface area contributed by atoms with E-state index >= 15 is 0 Å². The summed E-state index contributed by atoms with van der Waals surface area (Å²) < 4.78 is 1.21. The van der Waals surface area contributed by atoms with Crippen LogP contribution in [0.2, 0.25) is 0 Å². The second kappa shape index (κ2) is 9.78. The Labute approximate surface area is 166 Å². The van der Waals surface area contributed by atoms with E-state index in [4.69, 9.17) is 0 Å². The van der Waals surface area contributed by atoms with Gasteiger partial charge in [0.2, 0.25) is 5.65 Å². The maximum Gasteiger partial charge on any atom is 0.368 e. The molecule has 0 radical (unpaired) electrons. The van der Waals surface area contributed by atoms with Crippen molar-refractivity contribution in [2.75, 3.05) is 14.1 Å². The largest absolute Gasteiger partial charge is 0.368 e. The molecule has 25 heavy (non-hydrogen) atoms. The van der Waals surface area contributed by atoms with E-state index in [2.05, 4.69) is 20.1 Å². The van der Waals surface area contributed by atoms with Crippen LogP contribution in [0.3, 0.4) is 0 Å². The molecule has 0 unspecified atom stereocenters. The summed E-state index contributed by atoms with van der Waals surface area (Å²) in [6.45, 7) is 0.733. The number of fused-ring (bicyclic) bond motifs is 1. The van der Waals surface area contributed by atoms with Gasteiger partial charge >= 0.3 is 5.82 Å². The number of nitrogens with one attached hydrogen (secondary N) is 1. The first kappa shape index (κ1) is 23.4. The number of nitro groups is 1. The molecule has 0 aromatic carbocycles. The van der Waals surface area contributed by atoms with Gasteiger partial charge in [-0.2, -0.15) is 0 Å². The van der Waals surface area contributed by atoms with E-state index in [0.717, 1.165) is 12.2 Å². The summed E-state index contributed by atoms with van der Waals surface area (Å²) >= 11 is 1.31. The van der Waals surface area contributed by atoms with Crippen molar-refractivity contribution in [3.63, 3.8) is 0 Å². The zero-order valence-electron chi connectivity index (χ0n) is 13.1.